The van der Waals surface area contributed by atoms with Crippen LogP contribution in [0.1, 0.15) is 19.0 Å². The van der Waals surface area contributed by atoms with Crippen molar-refractivity contribution in [3.8, 4) is 5.75 Å². The quantitative estimate of drug-likeness (QED) is 0.723. The highest BCUT2D eigenvalue weighted by Crippen LogP contribution is 2.27. The van der Waals surface area contributed by atoms with Gasteiger partial charge in [-0.1, -0.05) is 29.9 Å². The van der Waals surface area contributed by atoms with E-state index < -0.39 is 6.36 Å². The van der Waals surface area contributed by atoms with Crippen molar-refractivity contribution in [2.45, 2.75) is 39.2 Å². The van der Waals surface area contributed by atoms with Crippen LogP contribution in [0, 0.1) is 5.41 Å². The average molecular weight is 371 g/mol. The first-order chi connectivity index (χ1) is 11.9. The van der Waals surface area contributed by atoms with E-state index in [4.69, 9.17) is 5.41 Å². The fourth-order valence-electron chi connectivity index (χ4n) is 2.51. The van der Waals surface area contributed by atoms with E-state index in [1.807, 2.05) is 6.20 Å². The van der Waals surface area contributed by atoms with E-state index in [1.54, 1.807) is 9.25 Å². The third-order valence-corrected chi connectivity index (χ3v) is 4.51. The third-order valence-electron chi connectivity index (χ3n) is 3.55. The Kier molecular flexibility index (Phi) is 4.80. The molecule has 0 amide bonds. The Morgan fingerprint density at radius 2 is 2.08 bits per heavy atom. The van der Waals surface area contributed by atoms with Crippen molar-refractivity contribution >= 4 is 21.6 Å². The number of nitrogens with one attached hydrogen (secondary N) is 1. The van der Waals surface area contributed by atoms with Crippen molar-refractivity contribution in [3.05, 3.63) is 34.9 Å². The second-order valence-corrected chi connectivity index (χ2v) is 6.49. The summed E-state index contributed by atoms with van der Waals surface area (Å²) in [5.74, 6) is -0.283. The zero-order valence-electron chi connectivity index (χ0n) is 13.4. The summed E-state index contributed by atoms with van der Waals surface area (Å²) < 4.78 is 44.9. The summed E-state index contributed by atoms with van der Waals surface area (Å²) in [5, 5.41) is 16.2. The van der Waals surface area contributed by atoms with Gasteiger partial charge >= 0.3 is 6.36 Å². The summed E-state index contributed by atoms with van der Waals surface area (Å²) in [7, 11) is 0. The second kappa shape index (κ2) is 6.87. The number of aryl methyl sites for hydroxylation is 3. The highest BCUT2D eigenvalue weighted by molar-refractivity contribution is 7.16. The Labute approximate surface area is 145 Å². The molecular weight excluding hydrogens is 355 g/mol. The Hall–Kier alpha value is -2.36. The Morgan fingerprint density at radius 3 is 2.80 bits per heavy atom. The Morgan fingerprint density at radius 1 is 1.28 bits per heavy atom. The lowest BCUT2D eigenvalue weighted by molar-refractivity contribution is -0.274. The summed E-state index contributed by atoms with van der Waals surface area (Å²) in [5.41, 5.74) is 1.61. The predicted molar refractivity (Wildman–Crippen MR) is 86.4 cm³/mol. The molecule has 3 aromatic rings. The molecule has 25 heavy (non-hydrogen) atoms. The van der Waals surface area contributed by atoms with E-state index in [-0.39, 0.29) is 10.6 Å². The highest BCUT2D eigenvalue weighted by Gasteiger charge is 2.31. The molecule has 134 valence electrons. The zero-order chi connectivity index (χ0) is 18.0. The summed E-state index contributed by atoms with van der Waals surface area (Å²) in [6.45, 7) is 3.07. The van der Waals surface area contributed by atoms with Crippen LogP contribution in [-0.4, -0.2) is 25.9 Å². The molecule has 0 saturated carbocycles. The van der Waals surface area contributed by atoms with Crippen molar-refractivity contribution in [2.24, 2.45) is 0 Å². The summed E-state index contributed by atoms with van der Waals surface area (Å²) in [6, 6.07) is 4.10. The van der Waals surface area contributed by atoms with Gasteiger partial charge in [-0.3, -0.25) is 10.1 Å². The first kappa shape index (κ1) is 17.5. The van der Waals surface area contributed by atoms with Crippen LogP contribution < -0.4 is 9.54 Å². The molecule has 3 rings (SSSR count). The van der Waals surface area contributed by atoms with Crippen LogP contribution in [0.4, 0.5) is 13.2 Å². The maximum absolute atomic E-state index is 12.3. The fourth-order valence-corrected chi connectivity index (χ4v) is 3.47. The molecule has 0 spiro atoms. The molecule has 0 aliphatic carbocycles. The van der Waals surface area contributed by atoms with Crippen LogP contribution in [0.3, 0.4) is 0 Å². The molecule has 0 unspecified atom stereocenters. The number of nitrogens with zero attached hydrogens (tertiary/aromatic N) is 4. The molecule has 0 bridgehead atoms. The van der Waals surface area contributed by atoms with Crippen LogP contribution >= 0.6 is 11.3 Å². The van der Waals surface area contributed by atoms with Gasteiger partial charge in [0.1, 0.15) is 5.75 Å². The van der Waals surface area contributed by atoms with Gasteiger partial charge < -0.3 is 9.30 Å². The van der Waals surface area contributed by atoms with Gasteiger partial charge in [-0.15, -0.1) is 18.3 Å². The fraction of sp³-hybridized carbons (Fsp3) is 0.400. The monoisotopic (exact) mass is 371 g/mol. The van der Waals surface area contributed by atoms with Gasteiger partial charge in [0, 0.05) is 12.7 Å². The van der Waals surface area contributed by atoms with Crippen LogP contribution in [0.15, 0.2) is 24.4 Å². The minimum absolute atomic E-state index is 0.257. The van der Waals surface area contributed by atoms with Gasteiger partial charge in [0.15, 0.2) is 4.80 Å². The summed E-state index contributed by atoms with van der Waals surface area (Å²) in [4.78, 5) is 0.257. The Bertz CT molecular complexity index is 927. The minimum Gasteiger partial charge on any atom is -0.406 e. The molecule has 1 N–H and O–H groups in total. The molecule has 0 aliphatic heterocycles. The molecule has 0 saturated heterocycles. The van der Waals surface area contributed by atoms with Gasteiger partial charge in [-0.2, -0.15) is 0 Å². The predicted octanol–water partition coefficient (Wildman–Crippen LogP) is 3.33. The molecule has 0 atom stereocenters. The topological polar surface area (TPSA) is 68.7 Å². The van der Waals surface area contributed by atoms with Crippen molar-refractivity contribution in [1.29, 1.82) is 5.41 Å². The molecule has 2 heterocycles. The van der Waals surface area contributed by atoms with Crippen molar-refractivity contribution in [2.75, 3.05) is 0 Å². The number of ether oxygens (including phenoxy) is 1. The van der Waals surface area contributed by atoms with Gasteiger partial charge in [-0.25, -0.2) is 0 Å². The number of hydrogen-bond donors (Lipinski definition) is 1. The van der Waals surface area contributed by atoms with E-state index in [0.717, 1.165) is 29.9 Å². The molecule has 10 heteroatoms. The molecule has 2 aromatic heterocycles. The second-order valence-electron chi connectivity index (χ2n) is 5.46. The van der Waals surface area contributed by atoms with Crippen molar-refractivity contribution in [1.82, 2.24) is 19.6 Å². The van der Waals surface area contributed by atoms with E-state index >= 15 is 0 Å². The van der Waals surface area contributed by atoms with Gasteiger partial charge in [0.05, 0.1) is 22.5 Å². The smallest absolute Gasteiger partial charge is 0.406 e. The largest absolute Gasteiger partial charge is 0.573 e. The van der Waals surface area contributed by atoms with Crippen molar-refractivity contribution in [3.63, 3.8) is 0 Å². The number of alkyl halides is 3. The number of aromatic nitrogens is 4. The lowest BCUT2D eigenvalue weighted by atomic mass is 10.3. The number of halogens is 3. The molecule has 6 nitrogen and oxygen atoms in total. The maximum Gasteiger partial charge on any atom is 0.573 e. The van der Waals surface area contributed by atoms with E-state index in [2.05, 4.69) is 22.0 Å². The first-order valence-corrected chi connectivity index (χ1v) is 8.50. The lowest BCUT2D eigenvalue weighted by Crippen LogP contribution is -2.17. The maximum atomic E-state index is 12.3. The number of benzene rings is 1. The van der Waals surface area contributed by atoms with Crippen LogP contribution in [-0.2, 0) is 19.5 Å². The molecule has 0 fully saturated rings. The zero-order valence-corrected chi connectivity index (χ0v) is 14.2. The molecule has 1 aromatic carbocycles. The lowest BCUT2D eigenvalue weighted by Gasteiger charge is -2.09. The number of thiazole rings is 1. The van der Waals surface area contributed by atoms with Crippen LogP contribution in [0.5, 0.6) is 5.75 Å². The van der Waals surface area contributed by atoms with Gasteiger partial charge in [0.25, 0.3) is 0 Å². The molecule has 0 aliphatic rings. The Balaban J connectivity index is 1.79. The molecule has 0 radical (unpaired) electrons. The van der Waals surface area contributed by atoms with E-state index in [9.17, 15) is 13.2 Å². The van der Waals surface area contributed by atoms with Crippen molar-refractivity contribution < 1.29 is 17.9 Å². The van der Waals surface area contributed by atoms with E-state index in [0.29, 0.717) is 23.3 Å². The number of rotatable bonds is 6. The average Bonchev–Trinajstić information content (AvgIpc) is 3.07. The van der Waals surface area contributed by atoms with E-state index in [1.165, 1.54) is 18.2 Å². The summed E-state index contributed by atoms with van der Waals surface area (Å²) in [6.07, 6.45) is -1.01. The minimum atomic E-state index is -4.73. The summed E-state index contributed by atoms with van der Waals surface area (Å²) >= 11 is 1.10. The van der Waals surface area contributed by atoms with Gasteiger partial charge in [-0.05, 0) is 24.6 Å². The van der Waals surface area contributed by atoms with Crippen LogP contribution in [0.25, 0.3) is 10.2 Å². The normalized spacial score (nSPS) is 12.0. The molecular formula is C15H16F3N5OS. The third kappa shape index (κ3) is 4.19. The number of fused-ring (bicyclic) bond motifs is 1. The van der Waals surface area contributed by atoms with Crippen LogP contribution in [0.2, 0.25) is 0 Å². The van der Waals surface area contributed by atoms with Gasteiger partial charge in [0.2, 0.25) is 0 Å². The number of hydrogen-bond acceptors (Lipinski definition) is 5. The SMILES string of the molecule is CCCc1cn(CCn2c(=N)sc3cc(OC(F)(F)F)ccc32)nn1. The first-order valence-electron chi connectivity index (χ1n) is 7.68. The standard InChI is InChI=1S/C15H16F3N5OS/c1-2-3-10-9-22(21-20-10)6-7-23-12-5-4-11(24-15(16,17)18)8-13(12)25-14(23)19/h4-5,8-9,19H,2-3,6-7H2,1H3. The highest BCUT2D eigenvalue weighted by atomic mass is 32.1.